The highest BCUT2D eigenvalue weighted by atomic mass is 16.3. The molecule has 0 bridgehead atoms. The van der Waals surface area contributed by atoms with Crippen LogP contribution in [0.1, 0.15) is 13.3 Å². The molecule has 1 aliphatic rings. The molecule has 1 aromatic heterocycles. The van der Waals surface area contributed by atoms with Crippen LogP contribution >= 0.6 is 0 Å². The van der Waals surface area contributed by atoms with Crippen molar-refractivity contribution in [3.63, 3.8) is 0 Å². The third-order valence-electron chi connectivity index (χ3n) is 3.66. The van der Waals surface area contributed by atoms with Crippen molar-refractivity contribution in [3.8, 4) is 0 Å². The van der Waals surface area contributed by atoms with Crippen LogP contribution in [0.15, 0.2) is 29.1 Å². The summed E-state index contributed by atoms with van der Waals surface area (Å²) in [4.78, 5) is 14.2. The van der Waals surface area contributed by atoms with Crippen LogP contribution in [-0.2, 0) is 6.67 Å². The van der Waals surface area contributed by atoms with Crippen LogP contribution in [0.4, 0.5) is 0 Å². The Bertz CT molecular complexity index is 661. The summed E-state index contributed by atoms with van der Waals surface area (Å²) in [6, 6.07) is 7.17. The van der Waals surface area contributed by atoms with E-state index in [2.05, 4.69) is 10.3 Å². The molecular formula is C13H16N4O2. The second-order valence-corrected chi connectivity index (χ2v) is 5.12. The normalized spacial score (nSPS) is 18.4. The first kappa shape index (κ1) is 12.3. The van der Waals surface area contributed by atoms with Crippen molar-refractivity contribution >= 4 is 10.9 Å². The molecule has 3 rings (SSSR count). The molecule has 0 saturated carbocycles. The lowest BCUT2D eigenvalue weighted by molar-refractivity contribution is -0.113. The average molecular weight is 260 g/mol. The Balaban J connectivity index is 1.83. The summed E-state index contributed by atoms with van der Waals surface area (Å²) in [5.74, 6) is 0. The summed E-state index contributed by atoms with van der Waals surface area (Å²) in [5, 5.41) is 18.5. The van der Waals surface area contributed by atoms with Gasteiger partial charge in [-0.3, -0.25) is 9.69 Å². The molecule has 0 amide bonds. The SMILES string of the molecule is CCC1(O)CN(Cn2nnc3ccccc3c2=O)C1. The maximum atomic E-state index is 12.2. The smallest absolute Gasteiger partial charge is 0.278 e. The third-order valence-corrected chi connectivity index (χ3v) is 3.66. The van der Waals surface area contributed by atoms with Gasteiger partial charge in [0, 0.05) is 13.1 Å². The Morgan fingerprint density at radius 2 is 2.11 bits per heavy atom. The second kappa shape index (κ2) is 4.40. The Labute approximate surface area is 110 Å². The molecule has 6 nitrogen and oxygen atoms in total. The van der Waals surface area contributed by atoms with E-state index in [0.29, 0.717) is 30.7 Å². The molecule has 6 heteroatoms. The van der Waals surface area contributed by atoms with Crippen LogP contribution in [0.25, 0.3) is 10.9 Å². The van der Waals surface area contributed by atoms with Crippen molar-refractivity contribution in [2.24, 2.45) is 0 Å². The summed E-state index contributed by atoms with van der Waals surface area (Å²) >= 11 is 0. The van der Waals surface area contributed by atoms with Gasteiger partial charge in [0.15, 0.2) is 0 Å². The van der Waals surface area contributed by atoms with E-state index in [1.165, 1.54) is 4.68 Å². The highest BCUT2D eigenvalue weighted by Gasteiger charge is 2.39. The van der Waals surface area contributed by atoms with Gasteiger partial charge in [0.2, 0.25) is 0 Å². The summed E-state index contributed by atoms with van der Waals surface area (Å²) in [6.07, 6.45) is 0.724. The van der Waals surface area contributed by atoms with E-state index in [9.17, 15) is 9.90 Å². The van der Waals surface area contributed by atoms with Gasteiger partial charge >= 0.3 is 0 Å². The zero-order valence-electron chi connectivity index (χ0n) is 10.8. The lowest BCUT2D eigenvalue weighted by atomic mass is 9.92. The van der Waals surface area contributed by atoms with E-state index >= 15 is 0 Å². The third kappa shape index (κ3) is 2.13. The molecular weight excluding hydrogens is 244 g/mol. The number of hydrogen-bond donors (Lipinski definition) is 1. The van der Waals surface area contributed by atoms with Crippen LogP contribution in [0.2, 0.25) is 0 Å². The van der Waals surface area contributed by atoms with E-state index < -0.39 is 5.60 Å². The number of fused-ring (bicyclic) bond motifs is 1. The fraction of sp³-hybridized carbons (Fsp3) is 0.462. The first-order valence-electron chi connectivity index (χ1n) is 6.38. The number of benzene rings is 1. The van der Waals surface area contributed by atoms with Gasteiger partial charge in [-0.1, -0.05) is 24.3 Å². The Hall–Kier alpha value is -1.79. The summed E-state index contributed by atoms with van der Waals surface area (Å²) in [5.41, 5.74) is -0.136. The monoisotopic (exact) mass is 260 g/mol. The van der Waals surface area contributed by atoms with E-state index in [-0.39, 0.29) is 5.56 Å². The fourth-order valence-corrected chi connectivity index (χ4v) is 2.42. The van der Waals surface area contributed by atoms with Crippen LogP contribution in [0, 0.1) is 0 Å². The van der Waals surface area contributed by atoms with E-state index in [4.69, 9.17) is 0 Å². The minimum absolute atomic E-state index is 0.141. The van der Waals surface area contributed by atoms with Crippen LogP contribution < -0.4 is 5.56 Å². The van der Waals surface area contributed by atoms with Gasteiger partial charge in [-0.2, -0.15) is 4.68 Å². The lowest BCUT2D eigenvalue weighted by Crippen LogP contribution is -2.61. The zero-order chi connectivity index (χ0) is 13.5. The molecule has 1 saturated heterocycles. The average Bonchev–Trinajstić information content (AvgIpc) is 2.40. The highest BCUT2D eigenvalue weighted by molar-refractivity contribution is 5.76. The quantitative estimate of drug-likeness (QED) is 0.854. The molecule has 1 aliphatic heterocycles. The number of aliphatic hydroxyl groups is 1. The Kier molecular flexibility index (Phi) is 2.83. The first-order chi connectivity index (χ1) is 9.11. The van der Waals surface area contributed by atoms with Crippen molar-refractivity contribution in [1.82, 2.24) is 19.9 Å². The molecule has 1 aromatic carbocycles. The lowest BCUT2D eigenvalue weighted by Gasteiger charge is -2.45. The molecule has 0 unspecified atom stereocenters. The van der Waals surface area contributed by atoms with Crippen LogP contribution in [0.5, 0.6) is 0 Å². The van der Waals surface area contributed by atoms with E-state index in [0.717, 1.165) is 6.42 Å². The molecule has 0 aliphatic carbocycles. The summed E-state index contributed by atoms with van der Waals surface area (Å²) in [7, 11) is 0. The number of likely N-dealkylation sites (tertiary alicyclic amines) is 1. The maximum Gasteiger partial charge on any atom is 0.278 e. The van der Waals surface area contributed by atoms with E-state index in [1.54, 1.807) is 12.1 Å². The number of aromatic nitrogens is 3. The largest absolute Gasteiger partial charge is 0.387 e. The van der Waals surface area contributed by atoms with Gasteiger partial charge in [-0.15, -0.1) is 5.10 Å². The summed E-state index contributed by atoms with van der Waals surface area (Å²) in [6.45, 7) is 3.48. The number of β-amino-alcohol motifs (C(OH)–C–C–N with tert-alkyl or cyclic N) is 1. The number of hydrogen-bond acceptors (Lipinski definition) is 5. The molecule has 19 heavy (non-hydrogen) atoms. The molecule has 2 heterocycles. The number of nitrogens with zero attached hydrogens (tertiary/aromatic N) is 4. The predicted octanol–water partition coefficient (Wildman–Crippen LogP) is 0.206. The van der Waals surface area contributed by atoms with Gasteiger partial charge in [-0.25, -0.2) is 0 Å². The van der Waals surface area contributed by atoms with Crippen molar-refractivity contribution in [2.45, 2.75) is 25.6 Å². The zero-order valence-corrected chi connectivity index (χ0v) is 10.8. The molecule has 1 N–H and O–H groups in total. The van der Waals surface area contributed by atoms with Crippen molar-refractivity contribution in [1.29, 1.82) is 0 Å². The minimum Gasteiger partial charge on any atom is -0.387 e. The first-order valence-corrected chi connectivity index (χ1v) is 6.38. The van der Waals surface area contributed by atoms with Gasteiger partial charge < -0.3 is 5.11 Å². The molecule has 100 valence electrons. The van der Waals surface area contributed by atoms with Gasteiger partial charge in [-0.05, 0) is 18.6 Å². The molecule has 0 radical (unpaired) electrons. The number of rotatable bonds is 3. The van der Waals surface area contributed by atoms with Gasteiger partial charge in [0.05, 0.1) is 17.7 Å². The van der Waals surface area contributed by atoms with Gasteiger partial charge in [0.1, 0.15) is 5.52 Å². The molecule has 0 spiro atoms. The Morgan fingerprint density at radius 1 is 1.37 bits per heavy atom. The topological polar surface area (TPSA) is 71.2 Å². The fourth-order valence-electron chi connectivity index (χ4n) is 2.42. The van der Waals surface area contributed by atoms with E-state index in [1.807, 2.05) is 24.0 Å². The summed E-state index contributed by atoms with van der Waals surface area (Å²) < 4.78 is 1.34. The van der Waals surface area contributed by atoms with Gasteiger partial charge in [0.25, 0.3) is 5.56 Å². The predicted molar refractivity (Wildman–Crippen MR) is 70.6 cm³/mol. The molecule has 0 atom stereocenters. The standard InChI is InChI=1S/C13H16N4O2/c1-2-13(19)7-16(8-13)9-17-12(18)10-5-3-4-6-11(10)14-15-17/h3-6,19H,2,7-9H2,1H3. The van der Waals surface area contributed by atoms with Crippen LogP contribution in [-0.4, -0.2) is 43.7 Å². The van der Waals surface area contributed by atoms with Crippen LogP contribution in [0.3, 0.4) is 0 Å². The maximum absolute atomic E-state index is 12.2. The minimum atomic E-state index is -0.603. The Morgan fingerprint density at radius 3 is 2.84 bits per heavy atom. The van der Waals surface area contributed by atoms with Crippen molar-refractivity contribution < 1.29 is 5.11 Å². The highest BCUT2D eigenvalue weighted by Crippen LogP contribution is 2.23. The van der Waals surface area contributed by atoms with Crippen molar-refractivity contribution in [2.75, 3.05) is 13.1 Å². The van der Waals surface area contributed by atoms with Crippen molar-refractivity contribution in [3.05, 3.63) is 34.6 Å². The molecule has 2 aromatic rings. The second-order valence-electron chi connectivity index (χ2n) is 5.12. The molecule has 1 fully saturated rings.